The molecule has 2 rings (SSSR count). The number of aliphatic hydroxyl groups excluding tert-OH is 1. The zero-order valence-corrected chi connectivity index (χ0v) is 12.7. The van der Waals surface area contributed by atoms with Crippen LogP contribution in [0.2, 0.25) is 0 Å². The van der Waals surface area contributed by atoms with Crippen LogP contribution < -0.4 is 10.6 Å². The molecule has 0 fully saturated rings. The van der Waals surface area contributed by atoms with E-state index in [-0.39, 0.29) is 30.2 Å². The van der Waals surface area contributed by atoms with E-state index in [1.54, 1.807) is 18.2 Å². The molecule has 1 aromatic carbocycles. The van der Waals surface area contributed by atoms with Crippen LogP contribution in [0, 0.1) is 5.92 Å². The lowest BCUT2D eigenvalue weighted by atomic mass is 10.1. The third-order valence-corrected chi connectivity index (χ3v) is 3.27. The molecule has 0 spiro atoms. The molecule has 1 unspecified atom stereocenters. The number of rotatable bonds is 6. The van der Waals surface area contributed by atoms with Crippen molar-refractivity contribution in [3.8, 4) is 0 Å². The second-order valence-electron chi connectivity index (χ2n) is 5.29. The van der Waals surface area contributed by atoms with Gasteiger partial charge in [0.2, 0.25) is 0 Å². The second kappa shape index (κ2) is 7.51. The molecule has 3 N–H and O–H groups in total. The Morgan fingerprint density at radius 2 is 1.95 bits per heavy atom. The summed E-state index contributed by atoms with van der Waals surface area (Å²) in [6.07, 6.45) is 1.33. The number of para-hydroxylation sites is 1. The van der Waals surface area contributed by atoms with Gasteiger partial charge in [-0.3, -0.25) is 4.79 Å². The van der Waals surface area contributed by atoms with Gasteiger partial charge in [-0.05, 0) is 18.1 Å². The Bertz CT molecular complexity index is 617. The van der Waals surface area contributed by atoms with Gasteiger partial charge in [0.15, 0.2) is 0 Å². The van der Waals surface area contributed by atoms with Crippen LogP contribution in [-0.4, -0.2) is 33.6 Å². The highest BCUT2D eigenvalue weighted by Crippen LogP contribution is 2.12. The number of carbonyl (C=O) groups excluding carboxylic acids is 1. The fraction of sp³-hybridized carbons (Fsp3) is 0.312. The molecule has 0 aliphatic rings. The third-order valence-electron chi connectivity index (χ3n) is 3.27. The molecule has 0 aliphatic carbocycles. The molecular weight excluding hydrogens is 280 g/mol. The first-order chi connectivity index (χ1) is 10.6. The SMILES string of the molecule is CC(C)C(CO)Nc1cc(C(=O)Nc2ccccc2)ncn1. The van der Waals surface area contributed by atoms with Crippen molar-refractivity contribution in [2.24, 2.45) is 5.92 Å². The van der Waals surface area contributed by atoms with Crippen LogP contribution >= 0.6 is 0 Å². The number of amides is 1. The minimum absolute atomic E-state index is 0.00673. The van der Waals surface area contributed by atoms with Crippen LogP contribution in [0.3, 0.4) is 0 Å². The Labute approximate surface area is 129 Å². The molecule has 2 aromatic rings. The zero-order valence-electron chi connectivity index (χ0n) is 12.7. The fourth-order valence-electron chi connectivity index (χ4n) is 1.89. The van der Waals surface area contributed by atoms with Crippen molar-refractivity contribution >= 4 is 17.4 Å². The summed E-state index contributed by atoms with van der Waals surface area (Å²) >= 11 is 0. The third kappa shape index (κ3) is 4.26. The van der Waals surface area contributed by atoms with Crippen LogP contribution in [0.15, 0.2) is 42.7 Å². The first-order valence-electron chi connectivity index (χ1n) is 7.16. The number of carbonyl (C=O) groups is 1. The topological polar surface area (TPSA) is 87.1 Å². The molecule has 1 aromatic heterocycles. The molecule has 6 nitrogen and oxygen atoms in total. The maximum atomic E-state index is 12.2. The molecule has 1 atom stereocenters. The predicted molar refractivity (Wildman–Crippen MR) is 85.8 cm³/mol. The summed E-state index contributed by atoms with van der Waals surface area (Å²) < 4.78 is 0. The normalized spacial score (nSPS) is 12.0. The molecule has 1 amide bonds. The van der Waals surface area contributed by atoms with E-state index in [0.717, 1.165) is 0 Å². The highest BCUT2D eigenvalue weighted by Gasteiger charge is 2.14. The number of anilines is 2. The number of aromatic nitrogens is 2. The van der Waals surface area contributed by atoms with Crippen molar-refractivity contribution in [3.05, 3.63) is 48.4 Å². The van der Waals surface area contributed by atoms with Crippen molar-refractivity contribution in [1.82, 2.24) is 9.97 Å². The zero-order chi connectivity index (χ0) is 15.9. The maximum absolute atomic E-state index is 12.2. The molecule has 0 saturated carbocycles. The summed E-state index contributed by atoms with van der Waals surface area (Å²) in [5, 5.41) is 15.2. The van der Waals surface area contributed by atoms with Gasteiger partial charge < -0.3 is 15.7 Å². The van der Waals surface area contributed by atoms with E-state index >= 15 is 0 Å². The molecule has 116 valence electrons. The first-order valence-corrected chi connectivity index (χ1v) is 7.16. The van der Waals surface area contributed by atoms with Crippen LogP contribution in [0.1, 0.15) is 24.3 Å². The highest BCUT2D eigenvalue weighted by atomic mass is 16.3. The number of nitrogens with zero attached hydrogens (tertiary/aromatic N) is 2. The standard InChI is InChI=1S/C16H20N4O2/c1-11(2)14(9-21)20-15-8-13(17-10-18-15)16(22)19-12-6-4-3-5-7-12/h3-8,10-11,14,21H,9H2,1-2H3,(H,19,22)(H,17,18,20). The molecule has 1 heterocycles. The quantitative estimate of drug-likeness (QED) is 0.761. The Kier molecular flexibility index (Phi) is 5.43. The van der Waals surface area contributed by atoms with Crippen LogP contribution in [0.4, 0.5) is 11.5 Å². The second-order valence-corrected chi connectivity index (χ2v) is 5.29. The minimum atomic E-state index is -0.304. The summed E-state index contributed by atoms with van der Waals surface area (Å²) in [6.45, 7) is 3.99. The van der Waals surface area contributed by atoms with Crippen LogP contribution in [-0.2, 0) is 0 Å². The Balaban J connectivity index is 2.09. The van der Waals surface area contributed by atoms with Gasteiger partial charge in [-0.2, -0.15) is 0 Å². The average Bonchev–Trinajstić information content (AvgIpc) is 2.53. The number of nitrogens with one attached hydrogen (secondary N) is 2. The molecule has 0 aliphatic heterocycles. The van der Waals surface area contributed by atoms with Gasteiger partial charge in [-0.15, -0.1) is 0 Å². The van der Waals surface area contributed by atoms with Gasteiger partial charge in [0.25, 0.3) is 5.91 Å². The molecule has 0 saturated heterocycles. The van der Waals surface area contributed by atoms with Crippen LogP contribution in [0.25, 0.3) is 0 Å². The summed E-state index contributed by atoms with van der Waals surface area (Å²) in [7, 11) is 0. The molecule has 0 bridgehead atoms. The lowest BCUT2D eigenvalue weighted by Gasteiger charge is -2.20. The van der Waals surface area contributed by atoms with Gasteiger partial charge in [0.1, 0.15) is 17.8 Å². The number of hydrogen-bond acceptors (Lipinski definition) is 5. The lowest BCUT2D eigenvalue weighted by Crippen LogP contribution is -2.30. The highest BCUT2D eigenvalue weighted by molar-refractivity contribution is 6.03. The smallest absolute Gasteiger partial charge is 0.274 e. The summed E-state index contributed by atoms with van der Waals surface area (Å²) in [5.41, 5.74) is 0.970. The van der Waals surface area contributed by atoms with E-state index in [0.29, 0.717) is 11.5 Å². The largest absolute Gasteiger partial charge is 0.394 e. The summed E-state index contributed by atoms with van der Waals surface area (Å²) in [6, 6.07) is 10.6. The number of benzene rings is 1. The molecule has 0 radical (unpaired) electrons. The van der Waals surface area contributed by atoms with Crippen molar-refractivity contribution < 1.29 is 9.90 Å². The van der Waals surface area contributed by atoms with Gasteiger partial charge in [0, 0.05) is 11.8 Å². The fourth-order valence-corrected chi connectivity index (χ4v) is 1.89. The molecular formula is C16H20N4O2. The molecule has 22 heavy (non-hydrogen) atoms. The Hall–Kier alpha value is -2.47. The van der Waals surface area contributed by atoms with E-state index in [1.807, 2.05) is 32.0 Å². The van der Waals surface area contributed by atoms with Crippen molar-refractivity contribution in [2.75, 3.05) is 17.2 Å². The van der Waals surface area contributed by atoms with Gasteiger partial charge in [-0.25, -0.2) is 9.97 Å². The monoisotopic (exact) mass is 300 g/mol. The van der Waals surface area contributed by atoms with E-state index in [4.69, 9.17) is 0 Å². The summed E-state index contributed by atoms with van der Waals surface area (Å²) in [4.78, 5) is 20.3. The first kappa shape index (κ1) is 15.9. The number of hydrogen-bond donors (Lipinski definition) is 3. The Morgan fingerprint density at radius 1 is 1.23 bits per heavy atom. The average molecular weight is 300 g/mol. The van der Waals surface area contributed by atoms with E-state index in [1.165, 1.54) is 6.33 Å². The lowest BCUT2D eigenvalue weighted by molar-refractivity contribution is 0.102. The minimum Gasteiger partial charge on any atom is -0.394 e. The number of aliphatic hydroxyl groups is 1. The maximum Gasteiger partial charge on any atom is 0.274 e. The van der Waals surface area contributed by atoms with E-state index in [9.17, 15) is 9.90 Å². The van der Waals surface area contributed by atoms with Gasteiger partial charge in [-0.1, -0.05) is 32.0 Å². The van der Waals surface area contributed by atoms with Crippen LogP contribution in [0.5, 0.6) is 0 Å². The Morgan fingerprint density at radius 3 is 2.59 bits per heavy atom. The van der Waals surface area contributed by atoms with E-state index in [2.05, 4.69) is 20.6 Å². The molecule has 6 heteroatoms. The van der Waals surface area contributed by atoms with Gasteiger partial charge in [0.05, 0.1) is 12.6 Å². The predicted octanol–water partition coefficient (Wildman–Crippen LogP) is 2.16. The van der Waals surface area contributed by atoms with Crippen molar-refractivity contribution in [1.29, 1.82) is 0 Å². The van der Waals surface area contributed by atoms with Crippen molar-refractivity contribution in [3.63, 3.8) is 0 Å². The summed E-state index contributed by atoms with van der Waals surface area (Å²) in [5.74, 6) is 0.448. The van der Waals surface area contributed by atoms with Crippen molar-refractivity contribution in [2.45, 2.75) is 19.9 Å². The van der Waals surface area contributed by atoms with Gasteiger partial charge >= 0.3 is 0 Å². The van der Waals surface area contributed by atoms with E-state index < -0.39 is 0 Å².